The summed E-state index contributed by atoms with van der Waals surface area (Å²) in [7, 11) is 0. The second-order valence-corrected chi connectivity index (χ2v) is 4.55. The van der Waals surface area contributed by atoms with Gasteiger partial charge in [0.15, 0.2) is 0 Å². The Hall–Kier alpha value is -2.66. The van der Waals surface area contributed by atoms with E-state index in [9.17, 15) is 9.18 Å². The summed E-state index contributed by atoms with van der Waals surface area (Å²) in [5, 5.41) is 0. The largest absolute Gasteiger partial charge is 0.366 e. The number of nitrogens with two attached hydrogens (primary N) is 1. The van der Waals surface area contributed by atoms with E-state index in [0.717, 1.165) is 5.56 Å². The topological polar surface area (TPSA) is 71.8 Å². The first kappa shape index (κ1) is 15.7. The number of aromatic nitrogens is 2. The van der Waals surface area contributed by atoms with Gasteiger partial charge in [0.05, 0.1) is 11.3 Å². The Balaban J connectivity index is 0.00000176. The molecule has 1 amide bonds. The molecule has 22 heavy (non-hydrogen) atoms. The van der Waals surface area contributed by atoms with Crippen LogP contribution in [0.5, 0.6) is 0 Å². The molecular weight excluding hydrogens is 305 g/mol. The molecular formula is C16H13ClFN3O. The minimum Gasteiger partial charge on any atom is -0.366 e. The molecule has 0 radical (unpaired) electrons. The van der Waals surface area contributed by atoms with Gasteiger partial charge >= 0.3 is 0 Å². The Morgan fingerprint density at radius 2 is 1.82 bits per heavy atom. The molecule has 0 saturated carbocycles. The Labute approximate surface area is 132 Å². The number of pyridine rings is 1. The van der Waals surface area contributed by atoms with Crippen molar-refractivity contribution >= 4 is 18.3 Å². The maximum Gasteiger partial charge on any atom is 0.250 e. The molecule has 0 aliphatic heterocycles. The molecule has 6 heteroatoms. The van der Waals surface area contributed by atoms with E-state index < -0.39 is 11.7 Å². The first-order chi connectivity index (χ1) is 10.2. The van der Waals surface area contributed by atoms with Crippen molar-refractivity contribution < 1.29 is 9.18 Å². The van der Waals surface area contributed by atoms with Crippen molar-refractivity contribution in [2.24, 2.45) is 5.73 Å². The molecule has 0 saturated heterocycles. The first-order valence-corrected chi connectivity index (χ1v) is 6.35. The molecule has 3 aromatic rings. The van der Waals surface area contributed by atoms with Crippen LogP contribution in [0.1, 0.15) is 10.4 Å². The summed E-state index contributed by atoms with van der Waals surface area (Å²) in [4.78, 5) is 18.6. The van der Waals surface area contributed by atoms with Crippen LogP contribution in [0.25, 0.3) is 22.5 Å². The predicted octanol–water partition coefficient (Wildman–Crippen LogP) is 3.40. The summed E-state index contributed by atoms with van der Waals surface area (Å²) < 4.78 is 13.9. The number of amides is 1. The number of H-pyrrole nitrogens is 1. The fraction of sp³-hybridized carbons (Fsp3) is 0. The van der Waals surface area contributed by atoms with Gasteiger partial charge in [0.2, 0.25) is 0 Å². The van der Waals surface area contributed by atoms with Crippen molar-refractivity contribution in [1.82, 2.24) is 9.97 Å². The summed E-state index contributed by atoms with van der Waals surface area (Å²) in [6, 6.07) is 11.4. The van der Waals surface area contributed by atoms with E-state index in [1.165, 1.54) is 6.07 Å². The van der Waals surface area contributed by atoms with Crippen molar-refractivity contribution in [3.8, 4) is 22.5 Å². The van der Waals surface area contributed by atoms with Crippen LogP contribution >= 0.6 is 12.4 Å². The van der Waals surface area contributed by atoms with Gasteiger partial charge in [-0.2, -0.15) is 0 Å². The Morgan fingerprint density at radius 3 is 2.45 bits per heavy atom. The first-order valence-electron chi connectivity index (χ1n) is 6.35. The van der Waals surface area contributed by atoms with Gasteiger partial charge in [0.1, 0.15) is 5.82 Å². The lowest BCUT2D eigenvalue weighted by atomic mass is 10.1. The van der Waals surface area contributed by atoms with Gasteiger partial charge in [-0.05, 0) is 30.3 Å². The van der Waals surface area contributed by atoms with E-state index in [2.05, 4.69) is 9.97 Å². The van der Waals surface area contributed by atoms with Crippen LogP contribution in [-0.4, -0.2) is 15.9 Å². The van der Waals surface area contributed by atoms with Gasteiger partial charge in [-0.15, -0.1) is 12.4 Å². The molecule has 0 fully saturated rings. The molecule has 0 unspecified atom stereocenters. The number of hydrogen-bond donors (Lipinski definition) is 2. The van der Waals surface area contributed by atoms with Gasteiger partial charge in [-0.3, -0.25) is 9.78 Å². The normalized spacial score (nSPS) is 10.0. The predicted molar refractivity (Wildman–Crippen MR) is 85.2 cm³/mol. The lowest BCUT2D eigenvalue weighted by Crippen LogP contribution is -2.11. The zero-order valence-electron chi connectivity index (χ0n) is 11.4. The third-order valence-electron chi connectivity index (χ3n) is 3.22. The molecule has 0 aliphatic rings. The molecule has 4 nitrogen and oxygen atoms in total. The highest BCUT2D eigenvalue weighted by Crippen LogP contribution is 2.30. The minimum absolute atomic E-state index is 0. The van der Waals surface area contributed by atoms with Gasteiger partial charge in [0.25, 0.3) is 5.91 Å². The molecule has 1 aromatic carbocycles. The van der Waals surface area contributed by atoms with E-state index >= 15 is 0 Å². The zero-order valence-corrected chi connectivity index (χ0v) is 12.2. The minimum atomic E-state index is -0.607. The lowest BCUT2D eigenvalue weighted by molar-refractivity contribution is 0.100. The maximum atomic E-state index is 13.9. The number of benzene rings is 1. The number of primary amides is 1. The van der Waals surface area contributed by atoms with Crippen molar-refractivity contribution in [2.45, 2.75) is 0 Å². The highest BCUT2D eigenvalue weighted by atomic mass is 35.5. The monoisotopic (exact) mass is 317 g/mol. The molecule has 3 N–H and O–H groups in total. The Bertz CT molecular complexity index is 802. The molecule has 0 bridgehead atoms. The van der Waals surface area contributed by atoms with Crippen molar-refractivity contribution in [1.29, 1.82) is 0 Å². The van der Waals surface area contributed by atoms with Gasteiger partial charge in [-0.1, -0.05) is 12.1 Å². The number of halogens is 2. The summed E-state index contributed by atoms with van der Waals surface area (Å²) in [5.74, 6) is -1.02. The van der Waals surface area contributed by atoms with Crippen molar-refractivity contribution in [3.63, 3.8) is 0 Å². The van der Waals surface area contributed by atoms with E-state index in [0.29, 0.717) is 17.0 Å². The number of rotatable bonds is 3. The van der Waals surface area contributed by atoms with E-state index in [1.807, 2.05) is 0 Å². The quantitative estimate of drug-likeness (QED) is 0.777. The SMILES string of the molecule is Cl.NC(=O)c1cc(-c2ccncc2)[nH]c1-c1ccccc1F. The highest BCUT2D eigenvalue weighted by Gasteiger charge is 2.17. The lowest BCUT2D eigenvalue weighted by Gasteiger charge is -2.03. The van der Waals surface area contributed by atoms with Crippen LogP contribution in [0.2, 0.25) is 0 Å². The smallest absolute Gasteiger partial charge is 0.250 e. The van der Waals surface area contributed by atoms with Crippen LogP contribution in [0.3, 0.4) is 0 Å². The number of hydrogen-bond acceptors (Lipinski definition) is 2. The van der Waals surface area contributed by atoms with Crippen molar-refractivity contribution in [3.05, 3.63) is 66.2 Å². The molecule has 2 heterocycles. The average Bonchev–Trinajstić information content (AvgIpc) is 2.94. The van der Waals surface area contributed by atoms with Crippen molar-refractivity contribution in [2.75, 3.05) is 0 Å². The summed E-state index contributed by atoms with van der Waals surface area (Å²) in [5.41, 5.74) is 7.88. The molecule has 112 valence electrons. The average molecular weight is 318 g/mol. The molecule has 0 spiro atoms. The van der Waals surface area contributed by atoms with Crippen LogP contribution in [-0.2, 0) is 0 Å². The summed E-state index contributed by atoms with van der Waals surface area (Å²) in [6.45, 7) is 0. The number of nitrogens with one attached hydrogen (secondary N) is 1. The Morgan fingerprint density at radius 1 is 1.14 bits per heavy atom. The number of carbonyl (C=O) groups excluding carboxylic acids is 1. The fourth-order valence-electron chi connectivity index (χ4n) is 2.21. The van der Waals surface area contributed by atoms with Crippen LogP contribution < -0.4 is 5.73 Å². The van der Waals surface area contributed by atoms with Gasteiger partial charge in [-0.25, -0.2) is 4.39 Å². The number of carbonyl (C=O) groups is 1. The molecule has 0 atom stereocenters. The summed E-state index contributed by atoms with van der Waals surface area (Å²) >= 11 is 0. The van der Waals surface area contributed by atoms with Gasteiger partial charge in [0, 0.05) is 29.2 Å². The van der Waals surface area contributed by atoms with E-state index in [1.54, 1.807) is 48.8 Å². The van der Waals surface area contributed by atoms with Crippen LogP contribution in [0.4, 0.5) is 4.39 Å². The third-order valence-corrected chi connectivity index (χ3v) is 3.22. The standard InChI is InChI=1S/C16H12FN3O.ClH/c17-13-4-2-1-3-11(13)15-12(16(18)21)9-14(20-15)10-5-7-19-8-6-10;/h1-9,20H,(H2,18,21);1H. The second-order valence-electron chi connectivity index (χ2n) is 4.55. The summed E-state index contributed by atoms with van der Waals surface area (Å²) in [6.07, 6.45) is 3.28. The highest BCUT2D eigenvalue weighted by molar-refractivity contribution is 6.00. The molecule has 2 aromatic heterocycles. The third kappa shape index (κ3) is 2.84. The van der Waals surface area contributed by atoms with E-state index in [-0.39, 0.29) is 18.0 Å². The zero-order chi connectivity index (χ0) is 14.8. The molecule has 3 rings (SSSR count). The fourth-order valence-corrected chi connectivity index (χ4v) is 2.21. The molecule has 0 aliphatic carbocycles. The van der Waals surface area contributed by atoms with Gasteiger partial charge < -0.3 is 10.7 Å². The number of nitrogens with zero attached hydrogens (tertiary/aromatic N) is 1. The van der Waals surface area contributed by atoms with Crippen LogP contribution in [0, 0.1) is 5.82 Å². The number of aromatic amines is 1. The second kappa shape index (κ2) is 6.41. The maximum absolute atomic E-state index is 13.9. The van der Waals surface area contributed by atoms with Crippen LogP contribution in [0.15, 0.2) is 54.9 Å². The Kier molecular flexibility index (Phi) is 4.58. The van der Waals surface area contributed by atoms with E-state index in [4.69, 9.17) is 5.73 Å².